The lowest BCUT2D eigenvalue weighted by molar-refractivity contribution is 0.0696. The van der Waals surface area contributed by atoms with Gasteiger partial charge >= 0.3 is 5.97 Å². The molecule has 0 atom stereocenters. The van der Waals surface area contributed by atoms with E-state index < -0.39 is 5.97 Å². The average molecular weight is 320 g/mol. The number of halogens is 1. The Morgan fingerprint density at radius 1 is 1.00 bits per heavy atom. The van der Waals surface area contributed by atoms with Crippen molar-refractivity contribution < 1.29 is 14.7 Å². The van der Waals surface area contributed by atoms with Crippen molar-refractivity contribution in [2.24, 2.45) is 0 Å². The Hall–Kier alpha value is -2.14. The second kappa shape index (κ2) is 5.67. The molecule has 2 aromatic rings. The van der Waals surface area contributed by atoms with E-state index in [1.807, 2.05) is 6.07 Å². The van der Waals surface area contributed by atoms with E-state index in [9.17, 15) is 9.59 Å². The minimum Gasteiger partial charge on any atom is -0.478 e. The molecule has 0 aliphatic heterocycles. The summed E-state index contributed by atoms with van der Waals surface area (Å²) in [5.74, 6) is -1.24. The SMILES string of the molecule is O=C(O)c1ccc(NC(=O)c2cccc(Br)c2)cc1. The van der Waals surface area contributed by atoms with E-state index in [0.717, 1.165) is 4.47 Å². The number of hydrogen-bond acceptors (Lipinski definition) is 2. The number of anilines is 1. The zero-order valence-corrected chi connectivity index (χ0v) is 11.3. The van der Waals surface area contributed by atoms with Crippen molar-refractivity contribution in [2.45, 2.75) is 0 Å². The molecule has 0 aliphatic carbocycles. The van der Waals surface area contributed by atoms with Gasteiger partial charge in [0.2, 0.25) is 0 Å². The second-order valence-electron chi connectivity index (χ2n) is 3.85. The highest BCUT2D eigenvalue weighted by Crippen LogP contribution is 2.14. The van der Waals surface area contributed by atoms with Crippen molar-refractivity contribution in [1.82, 2.24) is 0 Å². The first kappa shape index (κ1) is 13.3. The molecule has 0 aliphatic rings. The van der Waals surface area contributed by atoms with Crippen LogP contribution >= 0.6 is 15.9 Å². The summed E-state index contributed by atoms with van der Waals surface area (Å²) in [6.45, 7) is 0. The maximum Gasteiger partial charge on any atom is 0.335 e. The van der Waals surface area contributed by atoms with Crippen molar-refractivity contribution in [3.05, 3.63) is 64.1 Å². The first-order valence-electron chi connectivity index (χ1n) is 5.46. The fourth-order valence-electron chi connectivity index (χ4n) is 1.53. The summed E-state index contributed by atoms with van der Waals surface area (Å²) in [6, 6.07) is 13.0. The van der Waals surface area contributed by atoms with Crippen LogP contribution < -0.4 is 5.32 Å². The molecule has 0 heterocycles. The van der Waals surface area contributed by atoms with Crippen LogP contribution in [0.25, 0.3) is 0 Å². The Balaban J connectivity index is 2.13. The molecule has 4 nitrogen and oxygen atoms in total. The van der Waals surface area contributed by atoms with E-state index in [4.69, 9.17) is 5.11 Å². The maximum absolute atomic E-state index is 11.9. The Morgan fingerprint density at radius 2 is 1.68 bits per heavy atom. The Labute approximate surface area is 118 Å². The lowest BCUT2D eigenvalue weighted by atomic mass is 10.2. The first-order valence-corrected chi connectivity index (χ1v) is 6.26. The largest absolute Gasteiger partial charge is 0.478 e. The number of amides is 1. The fourth-order valence-corrected chi connectivity index (χ4v) is 1.93. The molecule has 5 heteroatoms. The third kappa shape index (κ3) is 3.42. The molecule has 96 valence electrons. The van der Waals surface area contributed by atoms with Gasteiger partial charge in [-0.25, -0.2) is 4.79 Å². The summed E-state index contributed by atoms with van der Waals surface area (Å²) in [6.07, 6.45) is 0. The van der Waals surface area contributed by atoms with E-state index in [1.54, 1.807) is 30.3 Å². The molecule has 2 rings (SSSR count). The lowest BCUT2D eigenvalue weighted by Gasteiger charge is -2.05. The normalized spacial score (nSPS) is 9.95. The van der Waals surface area contributed by atoms with Crippen LogP contribution in [-0.2, 0) is 0 Å². The molecular weight excluding hydrogens is 310 g/mol. The monoisotopic (exact) mass is 319 g/mol. The Morgan fingerprint density at radius 3 is 2.26 bits per heavy atom. The van der Waals surface area contributed by atoms with Crippen LogP contribution in [-0.4, -0.2) is 17.0 Å². The number of nitrogens with one attached hydrogen (secondary N) is 1. The summed E-state index contributed by atoms with van der Waals surface area (Å²) >= 11 is 3.30. The molecular formula is C14H10BrNO3. The van der Waals surface area contributed by atoms with Gasteiger partial charge in [0.05, 0.1) is 5.56 Å². The van der Waals surface area contributed by atoms with Crippen LogP contribution in [0.15, 0.2) is 53.0 Å². The van der Waals surface area contributed by atoms with E-state index in [-0.39, 0.29) is 11.5 Å². The molecule has 0 saturated carbocycles. The zero-order chi connectivity index (χ0) is 13.8. The summed E-state index contributed by atoms with van der Waals surface area (Å²) in [5, 5.41) is 11.5. The molecule has 0 bridgehead atoms. The highest BCUT2D eigenvalue weighted by molar-refractivity contribution is 9.10. The van der Waals surface area contributed by atoms with Gasteiger partial charge in [-0.05, 0) is 42.5 Å². The molecule has 0 spiro atoms. The van der Waals surface area contributed by atoms with E-state index in [1.165, 1.54) is 12.1 Å². The minimum atomic E-state index is -0.995. The van der Waals surface area contributed by atoms with Gasteiger partial charge in [0.15, 0.2) is 0 Å². The number of hydrogen-bond donors (Lipinski definition) is 2. The molecule has 2 N–H and O–H groups in total. The summed E-state index contributed by atoms with van der Waals surface area (Å²) in [4.78, 5) is 22.6. The van der Waals surface area contributed by atoms with E-state index >= 15 is 0 Å². The molecule has 19 heavy (non-hydrogen) atoms. The van der Waals surface area contributed by atoms with Crippen LogP contribution in [0.5, 0.6) is 0 Å². The van der Waals surface area contributed by atoms with Crippen LogP contribution in [0.3, 0.4) is 0 Å². The van der Waals surface area contributed by atoms with Crippen LogP contribution in [0.2, 0.25) is 0 Å². The number of benzene rings is 2. The smallest absolute Gasteiger partial charge is 0.335 e. The van der Waals surface area contributed by atoms with Gasteiger partial charge in [-0.15, -0.1) is 0 Å². The van der Waals surface area contributed by atoms with Gasteiger partial charge in [-0.2, -0.15) is 0 Å². The lowest BCUT2D eigenvalue weighted by Crippen LogP contribution is -2.11. The van der Waals surface area contributed by atoms with Gasteiger partial charge in [0.25, 0.3) is 5.91 Å². The van der Waals surface area contributed by atoms with Gasteiger partial charge in [-0.1, -0.05) is 22.0 Å². The predicted octanol–water partition coefficient (Wildman–Crippen LogP) is 3.40. The Bertz CT molecular complexity index is 623. The van der Waals surface area contributed by atoms with Gasteiger partial charge in [-0.3, -0.25) is 4.79 Å². The highest BCUT2D eigenvalue weighted by atomic mass is 79.9. The average Bonchev–Trinajstić information content (AvgIpc) is 2.39. The summed E-state index contributed by atoms with van der Waals surface area (Å²) < 4.78 is 0.821. The van der Waals surface area contributed by atoms with Crippen molar-refractivity contribution in [3.8, 4) is 0 Å². The van der Waals surface area contributed by atoms with Gasteiger partial charge in [0.1, 0.15) is 0 Å². The molecule has 1 amide bonds. The van der Waals surface area contributed by atoms with Gasteiger partial charge in [0, 0.05) is 15.7 Å². The van der Waals surface area contributed by atoms with Gasteiger partial charge < -0.3 is 10.4 Å². The standard InChI is InChI=1S/C14H10BrNO3/c15-11-3-1-2-10(8-11)13(17)16-12-6-4-9(5-7-12)14(18)19/h1-8H,(H,16,17)(H,18,19). The maximum atomic E-state index is 11.9. The number of aromatic carboxylic acids is 1. The van der Waals surface area contributed by atoms with Crippen molar-refractivity contribution >= 4 is 33.5 Å². The van der Waals surface area contributed by atoms with E-state index in [2.05, 4.69) is 21.2 Å². The topological polar surface area (TPSA) is 66.4 Å². The molecule has 0 fully saturated rings. The quantitative estimate of drug-likeness (QED) is 0.911. The third-order valence-electron chi connectivity index (χ3n) is 2.48. The fraction of sp³-hybridized carbons (Fsp3) is 0. The minimum absolute atomic E-state index is 0.181. The zero-order valence-electron chi connectivity index (χ0n) is 9.76. The van der Waals surface area contributed by atoms with Crippen LogP contribution in [0.4, 0.5) is 5.69 Å². The third-order valence-corrected chi connectivity index (χ3v) is 2.97. The molecule has 0 saturated heterocycles. The van der Waals surface area contributed by atoms with Crippen LogP contribution in [0.1, 0.15) is 20.7 Å². The number of carboxylic acids is 1. The molecule has 0 aromatic heterocycles. The van der Waals surface area contributed by atoms with Crippen molar-refractivity contribution in [1.29, 1.82) is 0 Å². The van der Waals surface area contributed by atoms with Crippen LogP contribution in [0, 0.1) is 0 Å². The second-order valence-corrected chi connectivity index (χ2v) is 4.76. The molecule has 2 aromatic carbocycles. The van der Waals surface area contributed by atoms with Crippen molar-refractivity contribution in [2.75, 3.05) is 5.32 Å². The number of carbonyl (C=O) groups is 2. The number of carboxylic acid groups (broad SMARTS) is 1. The van der Waals surface area contributed by atoms with Crippen molar-refractivity contribution in [3.63, 3.8) is 0 Å². The summed E-state index contributed by atoms with van der Waals surface area (Å²) in [5.41, 5.74) is 1.26. The predicted molar refractivity (Wildman–Crippen MR) is 75.5 cm³/mol. The molecule has 0 radical (unpaired) electrons. The first-order chi connectivity index (χ1) is 9.06. The summed E-state index contributed by atoms with van der Waals surface area (Å²) in [7, 11) is 0. The Kier molecular flexibility index (Phi) is 3.97. The molecule has 0 unspecified atom stereocenters. The highest BCUT2D eigenvalue weighted by Gasteiger charge is 2.07. The number of carbonyl (C=O) groups excluding carboxylic acids is 1. The van der Waals surface area contributed by atoms with E-state index in [0.29, 0.717) is 11.3 Å². The number of rotatable bonds is 3.